The molecule has 0 fully saturated rings. The maximum Gasteiger partial charge on any atom is 0.335 e. The number of imidazole rings is 1. The third-order valence-electron chi connectivity index (χ3n) is 4.14. The molecule has 8 heteroatoms. The fourth-order valence-electron chi connectivity index (χ4n) is 2.74. The first-order valence-electron chi connectivity index (χ1n) is 7.81. The molecular weight excluding hydrogens is 336 g/mol. The number of anilines is 2. The van der Waals surface area contributed by atoms with Gasteiger partial charge in [0.2, 0.25) is 5.95 Å². The van der Waals surface area contributed by atoms with Gasteiger partial charge in [0.1, 0.15) is 5.52 Å². The van der Waals surface area contributed by atoms with E-state index in [9.17, 15) is 9.59 Å². The molecule has 4 rings (SSSR count). The van der Waals surface area contributed by atoms with Gasteiger partial charge in [-0.3, -0.25) is 10.1 Å². The molecule has 0 unspecified atom stereocenters. The monoisotopic (exact) mass is 350 g/mol. The van der Waals surface area contributed by atoms with Crippen LogP contribution in [0.15, 0.2) is 40.8 Å². The second kappa shape index (κ2) is 5.69. The number of carboxylic acids is 1. The lowest BCUT2D eigenvalue weighted by atomic mass is 10.1. The molecule has 0 aliphatic heterocycles. The number of hydrogen-bond donors (Lipinski definition) is 2. The number of hydrogen-bond acceptors (Lipinski definition) is 6. The molecular formula is C18H14N4O4. The number of nitrogens with one attached hydrogen (secondary N) is 1. The SMILES string of the molecule is CC(=O)c1ccc2nc(Nc3nc4cc(C(=O)O)ccc4n3C)oc2c1. The van der Waals surface area contributed by atoms with E-state index in [1.54, 1.807) is 35.9 Å². The highest BCUT2D eigenvalue weighted by Gasteiger charge is 2.14. The second-order valence-corrected chi connectivity index (χ2v) is 5.89. The lowest BCUT2D eigenvalue weighted by Crippen LogP contribution is -1.99. The number of oxazole rings is 1. The van der Waals surface area contributed by atoms with Crippen molar-refractivity contribution in [3.63, 3.8) is 0 Å². The van der Waals surface area contributed by atoms with Crippen LogP contribution in [0.1, 0.15) is 27.6 Å². The summed E-state index contributed by atoms with van der Waals surface area (Å²) in [6.45, 7) is 1.49. The van der Waals surface area contributed by atoms with Gasteiger partial charge in [-0.15, -0.1) is 0 Å². The average molecular weight is 350 g/mol. The maximum absolute atomic E-state index is 11.5. The predicted octanol–water partition coefficient (Wildman–Crippen LogP) is 3.36. The van der Waals surface area contributed by atoms with Crippen molar-refractivity contribution < 1.29 is 19.1 Å². The number of Topliss-reactive ketones (excluding diaryl/α,β-unsaturated/α-hetero) is 1. The summed E-state index contributed by atoms with van der Waals surface area (Å²) < 4.78 is 7.43. The molecule has 0 saturated carbocycles. The molecule has 4 aromatic rings. The first-order valence-corrected chi connectivity index (χ1v) is 7.81. The molecule has 2 N–H and O–H groups in total. The normalized spacial score (nSPS) is 11.2. The van der Waals surface area contributed by atoms with Crippen LogP contribution in [0.5, 0.6) is 0 Å². The summed E-state index contributed by atoms with van der Waals surface area (Å²) in [5.74, 6) is -0.601. The van der Waals surface area contributed by atoms with E-state index >= 15 is 0 Å². The number of ketones is 1. The zero-order valence-electron chi connectivity index (χ0n) is 14.0. The van der Waals surface area contributed by atoms with Gasteiger partial charge in [-0.1, -0.05) is 0 Å². The first kappa shape index (κ1) is 15.8. The van der Waals surface area contributed by atoms with Crippen molar-refractivity contribution in [2.75, 3.05) is 5.32 Å². The van der Waals surface area contributed by atoms with Crippen LogP contribution in [0.3, 0.4) is 0 Å². The van der Waals surface area contributed by atoms with Crippen LogP contribution in [0.25, 0.3) is 22.1 Å². The number of aryl methyl sites for hydroxylation is 1. The van der Waals surface area contributed by atoms with Crippen LogP contribution in [0, 0.1) is 0 Å². The Kier molecular flexibility index (Phi) is 3.47. The van der Waals surface area contributed by atoms with E-state index in [0.29, 0.717) is 28.1 Å². The molecule has 0 radical (unpaired) electrons. The molecule has 2 heterocycles. The molecule has 0 bridgehead atoms. The number of carbonyl (C=O) groups is 2. The number of carbonyl (C=O) groups excluding carboxylic acids is 1. The van der Waals surface area contributed by atoms with Crippen molar-refractivity contribution in [1.82, 2.24) is 14.5 Å². The van der Waals surface area contributed by atoms with E-state index in [-0.39, 0.29) is 17.4 Å². The van der Waals surface area contributed by atoms with Gasteiger partial charge >= 0.3 is 12.0 Å². The predicted molar refractivity (Wildman–Crippen MR) is 95.0 cm³/mol. The molecule has 0 aliphatic carbocycles. The fourth-order valence-corrected chi connectivity index (χ4v) is 2.74. The number of aromatic carboxylic acids is 1. The summed E-state index contributed by atoms with van der Waals surface area (Å²) in [5.41, 5.74) is 3.14. The van der Waals surface area contributed by atoms with Gasteiger partial charge in [0.15, 0.2) is 11.4 Å². The van der Waals surface area contributed by atoms with Crippen LogP contribution < -0.4 is 5.32 Å². The van der Waals surface area contributed by atoms with E-state index in [1.807, 2.05) is 0 Å². The molecule has 26 heavy (non-hydrogen) atoms. The number of aromatic nitrogens is 3. The van der Waals surface area contributed by atoms with E-state index in [0.717, 1.165) is 5.52 Å². The summed E-state index contributed by atoms with van der Waals surface area (Å²) in [4.78, 5) is 31.3. The molecule has 130 valence electrons. The van der Waals surface area contributed by atoms with E-state index in [1.165, 1.54) is 19.1 Å². The van der Waals surface area contributed by atoms with Gasteiger partial charge in [0, 0.05) is 12.6 Å². The van der Waals surface area contributed by atoms with Crippen molar-refractivity contribution in [1.29, 1.82) is 0 Å². The number of nitrogens with zero attached hydrogens (tertiary/aromatic N) is 3. The Bertz CT molecular complexity index is 1190. The fraction of sp³-hybridized carbons (Fsp3) is 0.111. The Morgan fingerprint density at radius 3 is 2.58 bits per heavy atom. The van der Waals surface area contributed by atoms with E-state index in [2.05, 4.69) is 15.3 Å². The van der Waals surface area contributed by atoms with E-state index < -0.39 is 5.97 Å². The minimum atomic E-state index is -1.01. The van der Waals surface area contributed by atoms with Crippen LogP contribution >= 0.6 is 0 Å². The van der Waals surface area contributed by atoms with Crippen LogP contribution in [-0.4, -0.2) is 31.4 Å². The lowest BCUT2D eigenvalue weighted by Gasteiger charge is -2.01. The first-order chi connectivity index (χ1) is 12.4. The maximum atomic E-state index is 11.5. The zero-order valence-corrected chi connectivity index (χ0v) is 14.0. The van der Waals surface area contributed by atoms with Crippen molar-refractivity contribution in [2.24, 2.45) is 7.05 Å². The Balaban J connectivity index is 1.72. The number of fused-ring (bicyclic) bond motifs is 2. The largest absolute Gasteiger partial charge is 0.478 e. The van der Waals surface area contributed by atoms with Gasteiger partial charge in [-0.05, 0) is 43.3 Å². The molecule has 0 amide bonds. The van der Waals surface area contributed by atoms with Crippen molar-refractivity contribution >= 4 is 45.8 Å². The zero-order chi connectivity index (χ0) is 18.4. The summed E-state index contributed by atoms with van der Waals surface area (Å²) in [6.07, 6.45) is 0. The van der Waals surface area contributed by atoms with Gasteiger partial charge in [-0.2, -0.15) is 4.98 Å². The van der Waals surface area contributed by atoms with Crippen molar-refractivity contribution in [2.45, 2.75) is 6.92 Å². The highest BCUT2D eigenvalue weighted by Crippen LogP contribution is 2.25. The summed E-state index contributed by atoms with van der Waals surface area (Å²) >= 11 is 0. The Morgan fingerprint density at radius 2 is 1.85 bits per heavy atom. The minimum Gasteiger partial charge on any atom is -0.478 e. The standard InChI is InChI=1S/C18H14N4O4/c1-9(23)10-3-5-12-15(8-10)26-18(20-12)21-17-19-13-7-11(16(24)25)4-6-14(13)22(17)2/h3-8H,1-2H3,(H,24,25)(H,19,20,21). The molecule has 0 aliphatic rings. The Labute approximate surface area is 147 Å². The van der Waals surface area contributed by atoms with Crippen molar-refractivity contribution in [3.8, 4) is 0 Å². The summed E-state index contributed by atoms with van der Waals surface area (Å²) in [5, 5.41) is 12.1. The molecule has 0 spiro atoms. The lowest BCUT2D eigenvalue weighted by molar-refractivity contribution is 0.0696. The number of benzene rings is 2. The number of rotatable bonds is 4. The minimum absolute atomic E-state index is 0.0533. The van der Waals surface area contributed by atoms with Crippen molar-refractivity contribution in [3.05, 3.63) is 47.5 Å². The Morgan fingerprint density at radius 1 is 1.08 bits per heavy atom. The smallest absolute Gasteiger partial charge is 0.335 e. The summed E-state index contributed by atoms with van der Waals surface area (Å²) in [7, 11) is 1.80. The van der Waals surface area contributed by atoms with Gasteiger partial charge in [0.25, 0.3) is 0 Å². The van der Waals surface area contributed by atoms with Gasteiger partial charge < -0.3 is 14.1 Å². The highest BCUT2D eigenvalue weighted by molar-refractivity contribution is 5.97. The number of carboxylic acid groups (broad SMARTS) is 1. The Hall–Kier alpha value is -3.68. The van der Waals surface area contributed by atoms with Crippen LogP contribution in [0.2, 0.25) is 0 Å². The van der Waals surface area contributed by atoms with Gasteiger partial charge in [-0.25, -0.2) is 9.78 Å². The molecule has 2 aromatic carbocycles. The van der Waals surface area contributed by atoms with Crippen LogP contribution in [0.4, 0.5) is 12.0 Å². The molecule has 2 aromatic heterocycles. The summed E-state index contributed by atoms with van der Waals surface area (Å²) in [6, 6.07) is 10.0. The highest BCUT2D eigenvalue weighted by atomic mass is 16.4. The quantitative estimate of drug-likeness (QED) is 0.543. The third kappa shape index (κ3) is 2.57. The topological polar surface area (TPSA) is 110 Å². The van der Waals surface area contributed by atoms with Crippen LogP contribution in [-0.2, 0) is 7.05 Å². The van der Waals surface area contributed by atoms with E-state index in [4.69, 9.17) is 9.52 Å². The second-order valence-electron chi connectivity index (χ2n) is 5.89. The third-order valence-corrected chi connectivity index (χ3v) is 4.14. The molecule has 0 atom stereocenters. The van der Waals surface area contributed by atoms with Gasteiger partial charge in [0.05, 0.1) is 16.6 Å². The molecule has 0 saturated heterocycles. The molecule has 8 nitrogen and oxygen atoms in total. The average Bonchev–Trinajstić information content (AvgIpc) is 3.14.